The molecule has 0 atom stereocenters. The van der Waals surface area contributed by atoms with E-state index in [2.05, 4.69) is 37.0 Å². The molecule has 10 heteroatoms. The number of H-pyrrole nitrogens is 1. The molecule has 0 saturated carbocycles. The second-order valence-electron chi connectivity index (χ2n) is 8.75. The predicted molar refractivity (Wildman–Crippen MR) is 138 cm³/mol. The van der Waals surface area contributed by atoms with Crippen LogP contribution in [0.15, 0.2) is 48.8 Å². The number of likely N-dealkylation sites (N-methyl/N-ethyl adjacent to an activating group) is 1. The van der Waals surface area contributed by atoms with Crippen molar-refractivity contribution >= 4 is 34.0 Å². The highest BCUT2D eigenvalue weighted by atomic mass is 19.1. The number of nitrogens with two attached hydrogens (primary N) is 1. The number of amides is 1. The van der Waals surface area contributed by atoms with Gasteiger partial charge in [0.2, 0.25) is 5.88 Å². The molecule has 2 aromatic heterocycles. The van der Waals surface area contributed by atoms with Crippen molar-refractivity contribution in [2.45, 2.75) is 13.8 Å². The predicted octanol–water partition coefficient (Wildman–Crippen LogP) is 4.18. The fraction of sp³-hybridized carbons (Fsp3) is 0.269. The van der Waals surface area contributed by atoms with Crippen LogP contribution in [0.2, 0.25) is 0 Å². The standard InChI is InChI=1S/C26H28FN7O2/c1-3-33-10-12-34(13-11-33)18-6-4-17(5-7-18)32-25-22(24(28)35)26(30-15-29-25)36-21-9-8-20-19(23(21)27)14-16(2)31-20/h4-9,14-15,31H,3,10-13H2,1-2H3,(H2,28,35)(H,29,30,32). The number of aryl methyl sites for hydroxylation is 1. The van der Waals surface area contributed by atoms with Gasteiger partial charge in [-0.25, -0.2) is 14.4 Å². The molecule has 3 heterocycles. The monoisotopic (exact) mass is 489 g/mol. The number of piperazine rings is 1. The molecule has 5 rings (SSSR count). The van der Waals surface area contributed by atoms with Crippen LogP contribution < -0.4 is 20.7 Å². The molecule has 2 aromatic carbocycles. The van der Waals surface area contributed by atoms with E-state index in [1.54, 1.807) is 12.1 Å². The minimum atomic E-state index is -0.794. The van der Waals surface area contributed by atoms with E-state index in [4.69, 9.17) is 10.5 Å². The molecule has 1 saturated heterocycles. The topological polar surface area (TPSA) is 112 Å². The van der Waals surface area contributed by atoms with Crippen molar-refractivity contribution in [1.29, 1.82) is 0 Å². The maximum absolute atomic E-state index is 15.1. The minimum absolute atomic E-state index is 0.0676. The number of carbonyl (C=O) groups is 1. The van der Waals surface area contributed by atoms with Crippen LogP contribution in [0.5, 0.6) is 11.6 Å². The Morgan fingerprint density at radius 2 is 1.89 bits per heavy atom. The van der Waals surface area contributed by atoms with Crippen LogP contribution >= 0.6 is 0 Å². The number of hydrogen-bond donors (Lipinski definition) is 3. The number of primary amides is 1. The van der Waals surface area contributed by atoms with Gasteiger partial charge in [-0.2, -0.15) is 0 Å². The quantitative estimate of drug-likeness (QED) is 0.357. The summed E-state index contributed by atoms with van der Waals surface area (Å²) in [4.78, 5) is 28.4. The normalized spacial score (nSPS) is 14.2. The van der Waals surface area contributed by atoms with Crippen LogP contribution in [0, 0.1) is 12.7 Å². The molecule has 0 unspecified atom stereocenters. The lowest BCUT2D eigenvalue weighted by atomic mass is 10.2. The summed E-state index contributed by atoms with van der Waals surface area (Å²) in [5.74, 6) is -1.37. The lowest BCUT2D eigenvalue weighted by Crippen LogP contribution is -2.46. The third-order valence-electron chi connectivity index (χ3n) is 6.42. The Labute approximate surface area is 208 Å². The number of rotatable bonds is 7. The lowest BCUT2D eigenvalue weighted by Gasteiger charge is -2.35. The highest BCUT2D eigenvalue weighted by molar-refractivity contribution is 6.00. The van der Waals surface area contributed by atoms with Crippen LogP contribution in [0.4, 0.5) is 21.6 Å². The van der Waals surface area contributed by atoms with E-state index < -0.39 is 11.7 Å². The number of ether oxygens (including phenoxy) is 1. The molecule has 36 heavy (non-hydrogen) atoms. The Morgan fingerprint density at radius 3 is 2.58 bits per heavy atom. The van der Waals surface area contributed by atoms with Gasteiger partial charge >= 0.3 is 0 Å². The second kappa shape index (κ2) is 9.82. The number of aromatic nitrogens is 3. The van der Waals surface area contributed by atoms with Crippen LogP contribution in [0.1, 0.15) is 23.0 Å². The van der Waals surface area contributed by atoms with Gasteiger partial charge in [0.25, 0.3) is 5.91 Å². The molecule has 4 N–H and O–H groups in total. The molecular formula is C26H28FN7O2. The zero-order valence-corrected chi connectivity index (χ0v) is 20.2. The van der Waals surface area contributed by atoms with Gasteiger partial charge in [-0.15, -0.1) is 0 Å². The number of nitrogens with one attached hydrogen (secondary N) is 2. The molecule has 1 aliphatic rings. The Hall–Kier alpha value is -4.18. The number of anilines is 3. The summed E-state index contributed by atoms with van der Waals surface area (Å²) in [6, 6.07) is 12.7. The average Bonchev–Trinajstić information content (AvgIpc) is 3.27. The number of fused-ring (bicyclic) bond motifs is 1. The molecule has 0 aliphatic carbocycles. The Kier molecular flexibility index (Phi) is 6.43. The molecule has 0 radical (unpaired) electrons. The van der Waals surface area contributed by atoms with Crippen LogP contribution in [-0.2, 0) is 0 Å². The third kappa shape index (κ3) is 4.67. The molecule has 1 aliphatic heterocycles. The summed E-state index contributed by atoms with van der Waals surface area (Å²) in [5.41, 5.74) is 8.90. The van der Waals surface area contributed by atoms with E-state index in [0.29, 0.717) is 16.6 Å². The van der Waals surface area contributed by atoms with Gasteiger partial charge in [0, 0.05) is 54.2 Å². The summed E-state index contributed by atoms with van der Waals surface area (Å²) >= 11 is 0. The lowest BCUT2D eigenvalue weighted by molar-refractivity contribution is 0.0998. The minimum Gasteiger partial charge on any atom is -0.435 e. The van der Waals surface area contributed by atoms with E-state index in [1.807, 2.05) is 31.2 Å². The number of nitrogens with zero attached hydrogens (tertiary/aromatic N) is 4. The van der Waals surface area contributed by atoms with Crippen LogP contribution in [0.3, 0.4) is 0 Å². The first-order chi connectivity index (χ1) is 17.4. The first-order valence-electron chi connectivity index (χ1n) is 11.9. The summed E-state index contributed by atoms with van der Waals surface area (Å²) in [5, 5.41) is 3.50. The summed E-state index contributed by atoms with van der Waals surface area (Å²) in [7, 11) is 0. The zero-order valence-electron chi connectivity index (χ0n) is 20.2. The average molecular weight is 490 g/mol. The molecule has 4 aromatic rings. The van der Waals surface area contributed by atoms with Gasteiger partial charge in [0.05, 0.1) is 0 Å². The van der Waals surface area contributed by atoms with Gasteiger partial charge in [0.15, 0.2) is 17.4 Å². The number of halogens is 1. The molecule has 1 fully saturated rings. The van der Waals surface area contributed by atoms with Gasteiger partial charge in [-0.05, 0) is 55.9 Å². The maximum Gasteiger partial charge on any atom is 0.258 e. The van der Waals surface area contributed by atoms with Crippen LogP contribution in [0.25, 0.3) is 10.9 Å². The van der Waals surface area contributed by atoms with E-state index in [9.17, 15) is 4.79 Å². The molecular weight excluding hydrogens is 461 g/mol. The number of hydrogen-bond acceptors (Lipinski definition) is 7. The van der Waals surface area contributed by atoms with Gasteiger partial charge < -0.3 is 30.6 Å². The largest absolute Gasteiger partial charge is 0.435 e. The second-order valence-corrected chi connectivity index (χ2v) is 8.75. The van der Waals surface area contributed by atoms with E-state index in [0.717, 1.165) is 44.1 Å². The highest BCUT2D eigenvalue weighted by Crippen LogP contribution is 2.33. The SMILES string of the molecule is CCN1CCN(c2ccc(Nc3ncnc(Oc4ccc5[nH]c(C)cc5c4F)c3C(N)=O)cc2)CC1. The Bertz CT molecular complexity index is 1400. The fourth-order valence-electron chi connectivity index (χ4n) is 4.45. The van der Waals surface area contributed by atoms with Gasteiger partial charge in [0.1, 0.15) is 11.9 Å². The van der Waals surface area contributed by atoms with E-state index in [1.165, 1.54) is 12.4 Å². The molecule has 0 spiro atoms. The summed E-state index contributed by atoms with van der Waals surface area (Å²) in [6.07, 6.45) is 1.24. The molecule has 0 bridgehead atoms. The van der Waals surface area contributed by atoms with Crippen molar-refractivity contribution in [2.24, 2.45) is 5.73 Å². The third-order valence-corrected chi connectivity index (χ3v) is 6.42. The van der Waals surface area contributed by atoms with Crippen molar-refractivity contribution < 1.29 is 13.9 Å². The van der Waals surface area contributed by atoms with Crippen molar-refractivity contribution in [3.63, 3.8) is 0 Å². The first-order valence-corrected chi connectivity index (χ1v) is 11.9. The Morgan fingerprint density at radius 1 is 1.14 bits per heavy atom. The van der Waals surface area contributed by atoms with Gasteiger partial charge in [-0.1, -0.05) is 6.92 Å². The van der Waals surface area contributed by atoms with E-state index >= 15 is 4.39 Å². The number of carbonyl (C=O) groups excluding carboxylic acids is 1. The summed E-state index contributed by atoms with van der Waals surface area (Å²) in [6.45, 7) is 9.12. The van der Waals surface area contributed by atoms with Gasteiger partial charge in [-0.3, -0.25) is 4.79 Å². The Balaban J connectivity index is 1.37. The van der Waals surface area contributed by atoms with Crippen molar-refractivity contribution in [3.05, 3.63) is 65.9 Å². The zero-order chi connectivity index (χ0) is 25.2. The molecule has 9 nitrogen and oxygen atoms in total. The fourth-order valence-corrected chi connectivity index (χ4v) is 4.45. The number of benzene rings is 2. The van der Waals surface area contributed by atoms with Crippen molar-refractivity contribution in [1.82, 2.24) is 19.9 Å². The van der Waals surface area contributed by atoms with Crippen molar-refractivity contribution in [3.8, 4) is 11.6 Å². The first kappa shape index (κ1) is 23.6. The molecule has 1 amide bonds. The summed E-state index contributed by atoms with van der Waals surface area (Å²) < 4.78 is 20.8. The maximum atomic E-state index is 15.1. The number of aromatic amines is 1. The highest BCUT2D eigenvalue weighted by Gasteiger charge is 2.21. The molecule has 186 valence electrons. The van der Waals surface area contributed by atoms with Crippen molar-refractivity contribution in [2.75, 3.05) is 42.9 Å². The smallest absolute Gasteiger partial charge is 0.258 e. The van der Waals surface area contributed by atoms with Crippen LogP contribution in [-0.4, -0.2) is 58.5 Å². The van der Waals surface area contributed by atoms with E-state index in [-0.39, 0.29) is 23.0 Å².